The average molecular weight is 655 g/mol. The Morgan fingerprint density at radius 2 is 0.373 bits per heavy atom. The molecule has 51 heavy (non-hydrogen) atoms. The van der Waals surface area contributed by atoms with Gasteiger partial charge < -0.3 is 4.74 Å². The highest BCUT2D eigenvalue weighted by Crippen LogP contribution is 2.47. The Morgan fingerprint density at radius 1 is 0.196 bits per heavy atom. The summed E-state index contributed by atoms with van der Waals surface area (Å²) < 4.78 is 6.55. The Bertz CT molecular complexity index is 1900. The predicted molar refractivity (Wildman–Crippen MR) is 210 cm³/mol. The molecule has 0 bridgehead atoms. The molecule has 0 spiro atoms. The molecule has 0 saturated heterocycles. The molecule has 0 atom stereocenters. The first-order valence-electron chi connectivity index (χ1n) is 17.5. The minimum atomic E-state index is -0.500. The van der Waals surface area contributed by atoms with Gasteiger partial charge in [-0.1, -0.05) is 206 Å². The molecule has 0 heterocycles. The van der Waals surface area contributed by atoms with E-state index in [1.165, 1.54) is 44.5 Å². The summed E-state index contributed by atoms with van der Waals surface area (Å²) in [4.78, 5) is 0. The van der Waals surface area contributed by atoms with Crippen LogP contribution in [0.5, 0.6) is 11.5 Å². The van der Waals surface area contributed by atoms with Gasteiger partial charge in [-0.15, -0.1) is 0 Å². The van der Waals surface area contributed by atoms with Crippen molar-refractivity contribution >= 4 is 0 Å². The molecule has 0 amide bonds. The Morgan fingerprint density at radius 3 is 0.569 bits per heavy atom. The van der Waals surface area contributed by atoms with Crippen molar-refractivity contribution in [3.8, 4) is 11.5 Å². The fourth-order valence-corrected chi connectivity index (χ4v) is 7.81. The maximum Gasteiger partial charge on any atom is 0.127 e. The zero-order valence-electron chi connectivity index (χ0n) is 28.3. The van der Waals surface area contributed by atoms with Crippen molar-refractivity contribution in [1.29, 1.82) is 0 Å². The number of ether oxygens (including phenoxy) is 1. The van der Waals surface area contributed by atoms with Crippen LogP contribution in [0.3, 0.4) is 0 Å². The zero-order valence-corrected chi connectivity index (χ0v) is 28.3. The largest absolute Gasteiger partial charge is 0.457 e. The highest BCUT2D eigenvalue weighted by molar-refractivity contribution is 5.62. The second-order valence-corrected chi connectivity index (χ2v) is 12.8. The summed E-state index contributed by atoms with van der Waals surface area (Å²) in [6.45, 7) is 0. The van der Waals surface area contributed by atoms with Crippen LogP contribution in [0.1, 0.15) is 44.5 Å². The Hall–Kier alpha value is -6.44. The predicted octanol–water partition coefficient (Wildman–Crippen LogP) is 12.2. The molecule has 244 valence electrons. The second-order valence-electron chi connectivity index (χ2n) is 12.8. The van der Waals surface area contributed by atoms with E-state index in [4.69, 9.17) is 4.74 Å². The van der Waals surface area contributed by atoms with Gasteiger partial charge >= 0.3 is 0 Å². The molecule has 1 nitrogen and oxygen atoms in total. The lowest BCUT2D eigenvalue weighted by Gasteiger charge is -2.37. The SMILES string of the molecule is c1ccc(C(c2ccccc2)(c2ccccc2)c2ccc(Oc3ccc(C(c4ccccc4)(c4ccccc4)c4ccccc4)cc3)cc2)cc1. The standard InChI is InChI=1S/C50H38O/c1-7-19-39(20-8-1)49(40-21-9-2-10-22-40,41-23-11-3-12-24-41)45-31-35-47(36-32-45)51-48-37-33-46(34-38-48)50(42-25-13-4-14-26-42,43-27-15-5-16-28-43)44-29-17-6-18-30-44/h1-38H. The van der Waals surface area contributed by atoms with E-state index in [2.05, 4.69) is 231 Å². The summed E-state index contributed by atoms with van der Waals surface area (Å²) >= 11 is 0. The van der Waals surface area contributed by atoms with Crippen molar-refractivity contribution in [3.05, 3.63) is 275 Å². The van der Waals surface area contributed by atoms with Crippen LogP contribution < -0.4 is 4.74 Å². The minimum absolute atomic E-state index is 0.500. The first kappa shape index (κ1) is 31.8. The minimum Gasteiger partial charge on any atom is -0.457 e. The van der Waals surface area contributed by atoms with Gasteiger partial charge in [-0.2, -0.15) is 0 Å². The fraction of sp³-hybridized carbons (Fsp3) is 0.0400. The summed E-state index contributed by atoms with van der Waals surface area (Å²) in [5, 5.41) is 0. The van der Waals surface area contributed by atoms with Gasteiger partial charge in [-0.05, 0) is 68.8 Å². The first-order chi connectivity index (χ1) is 25.3. The maximum absolute atomic E-state index is 6.55. The van der Waals surface area contributed by atoms with Crippen LogP contribution in [0, 0.1) is 0 Å². The van der Waals surface area contributed by atoms with E-state index >= 15 is 0 Å². The topological polar surface area (TPSA) is 9.23 Å². The lowest BCUT2D eigenvalue weighted by molar-refractivity contribution is 0.481. The third kappa shape index (κ3) is 5.83. The molecule has 0 N–H and O–H groups in total. The summed E-state index contributed by atoms with van der Waals surface area (Å²) in [5.41, 5.74) is 8.63. The molecule has 8 rings (SSSR count). The second kappa shape index (κ2) is 14.2. The summed E-state index contributed by atoms with van der Waals surface area (Å²) in [6.07, 6.45) is 0. The van der Waals surface area contributed by atoms with Gasteiger partial charge in [-0.3, -0.25) is 0 Å². The number of hydrogen-bond donors (Lipinski definition) is 0. The van der Waals surface area contributed by atoms with Gasteiger partial charge in [0.25, 0.3) is 0 Å². The van der Waals surface area contributed by atoms with Gasteiger partial charge in [0.15, 0.2) is 0 Å². The summed E-state index contributed by atoms with van der Waals surface area (Å²) in [7, 11) is 0. The van der Waals surface area contributed by atoms with Gasteiger partial charge in [0.1, 0.15) is 11.5 Å². The smallest absolute Gasteiger partial charge is 0.127 e. The maximum atomic E-state index is 6.55. The normalized spacial score (nSPS) is 11.5. The summed E-state index contributed by atoms with van der Waals surface area (Å²) in [5.74, 6) is 1.57. The molecule has 8 aromatic carbocycles. The highest BCUT2D eigenvalue weighted by Gasteiger charge is 2.39. The van der Waals surface area contributed by atoms with E-state index in [1.807, 2.05) is 0 Å². The molecule has 0 aromatic heterocycles. The van der Waals surface area contributed by atoms with Crippen LogP contribution in [-0.4, -0.2) is 0 Å². The quantitative estimate of drug-likeness (QED) is 0.133. The van der Waals surface area contributed by atoms with Crippen molar-refractivity contribution in [3.63, 3.8) is 0 Å². The number of rotatable bonds is 10. The van der Waals surface area contributed by atoms with Crippen molar-refractivity contribution in [2.45, 2.75) is 10.8 Å². The van der Waals surface area contributed by atoms with E-state index < -0.39 is 10.8 Å². The van der Waals surface area contributed by atoms with Crippen LogP contribution in [-0.2, 0) is 10.8 Å². The Kier molecular flexibility index (Phi) is 8.85. The number of benzene rings is 8. The Labute approximate surface area is 301 Å². The molecule has 0 aliphatic heterocycles. The number of hydrogen-bond acceptors (Lipinski definition) is 1. The molecule has 0 aliphatic rings. The lowest BCUT2D eigenvalue weighted by Crippen LogP contribution is -2.31. The molecule has 0 unspecified atom stereocenters. The molecule has 0 aliphatic carbocycles. The van der Waals surface area contributed by atoms with Gasteiger partial charge in [-0.25, -0.2) is 0 Å². The van der Waals surface area contributed by atoms with Gasteiger partial charge in [0.05, 0.1) is 10.8 Å². The molecular weight excluding hydrogens is 617 g/mol. The van der Waals surface area contributed by atoms with Crippen LogP contribution in [0.15, 0.2) is 231 Å². The molecule has 0 fully saturated rings. The Balaban J connectivity index is 1.18. The average Bonchev–Trinajstić information content (AvgIpc) is 3.22. The van der Waals surface area contributed by atoms with E-state index in [0.29, 0.717) is 0 Å². The van der Waals surface area contributed by atoms with Crippen LogP contribution >= 0.6 is 0 Å². The zero-order chi connectivity index (χ0) is 34.4. The van der Waals surface area contributed by atoms with Gasteiger partial charge in [0, 0.05) is 0 Å². The van der Waals surface area contributed by atoms with Gasteiger partial charge in [0.2, 0.25) is 0 Å². The third-order valence-corrected chi connectivity index (χ3v) is 10.1. The van der Waals surface area contributed by atoms with Crippen molar-refractivity contribution < 1.29 is 4.74 Å². The monoisotopic (exact) mass is 654 g/mol. The van der Waals surface area contributed by atoms with E-state index in [1.54, 1.807) is 0 Å². The van der Waals surface area contributed by atoms with Crippen molar-refractivity contribution in [1.82, 2.24) is 0 Å². The molecule has 0 radical (unpaired) electrons. The highest BCUT2D eigenvalue weighted by atomic mass is 16.5. The van der Waals surface area contributed by atoms with Crippen LogP contribution in [0.2, 0.25) is 0 Å². The molecular formula is C50H38O. The lowest BCUT2D eigenvalue weighted by atomic mass is 9.65. The van der Waals surface area contributed by atoms with E-state index in [-0.39, 0.29) is 0 Å². The summed E-state index contributed by atoms with van der Waals surface area (Å²) in [6, 6.07) is 81.9. The third-order valence-electron chi connectivity index (χ3n) is 10.1. The van der Waals surface area contributed by atoms with E-state index in [0.717, 1.165) is 11.5 Å². The van der Waals surface area contributed by atoms with E-state index in [9.17, 15) is 0 Å². The van der Waals surface area contributed by atoms with Crippen LogP contribution in [0.4, 0.5) is 0 Å². The van der Waals surface area contributed by atoms with Crippen molar-refractivity contribution in [2.75, 3.05) is 0 Å². The molecule has 0 saturated carbocycles. The van der Waals surface area contributed by atoms with Crippen molar-refractivity contribution in [2.24, 2.45) is 0 Å². The van der Waals surface area contributed by atoms with Crippen LogP contribution in [0.25, 0.3) is 0 Å². The molecule has 1 heteroatoms. The molecule has 8 aromatic rings. The fourth-order valence-electron chi connectivity index (χ4n) is 7.81. The first-order valence-corrected chi connectivity index (χ1v) is 17.5.